The quantitative estimate of drug-likeness (QED) is 0.590. The summed E-state index contributed by atoms with van der Waals surface area (Å²) in [6, 6.07) is 24.6. The van der Waals surface area contributed by atoms with Gasteiger partial charge < -0.3 is 9.47 Å². The van der Waals surface area contributed by atoms with Crippen molar-refractivity contribution in [3.63, 3.8) is 0 Å². The third-order valence-corrected chi connectivity index (χ3v) is 4.42. The second kappa shape index (κ2) is 10.1. The van der Waals surface area contributed by atoms with Crippen LogP contribution in [0.2, 0.25) is 0 Å². The van der Waals surface area contributed by atoms with E-state index in [1.807, 2.05) is 73.7 Å². The molecule has 0 aromatic heterocycles. The number of hydrogen-bond donors (Lipinski definition) is 2. The first-order valence-corrected chi connectivity index (χ1v) is 9.63. The van der Waals surface area contributed by atoms with Crippen molar-refractivity contribution in [2.45, 2.75) is 20.0 Å². The number of carbonyl (C=O) groups is 2. The van der Waals surface area contributed by atoms with Gasteiger partial charge in [0.2, 0.25) is 0 Å². The van der Waals surface area contributed by atoms with Crippen LogP contribution in [0.4, 0.5) is 0 Å². The fourth-order valence-electron chi connectivity index (χ4n) is 2.79. The molecule has 0 radical (unpaired) electrons. The number of para-hydroxylation sites is 2. The van der Waals surface area contributed by atoms with E-state index >= 15 is 0 Å². The molecule has 3 aromatic carbocycles. The van der Waals surface area contributed by atoms with Crippen molar-refractivity contribution < 1.29 is 19.1 Å². The highest BCUT2D eigenvalue weighted by atomic mass is 16.5. The monoisotopic (exact) mass is 404 g/mol. The second-order valence-corrected chi connectivity index (χ2v) is 6.71. The maximum Gasteiger partial charge on any atom is 0.279 e. The summed E-state index contributed by atoms with van der Waals surface area (Å²) in [7, 11) is 0. The Labute approximate surface area is 175 Å². The molecule has 1 atom stereocenters. The van der Waals surface area contributed by atoms with Crippen molar-refractivity contribution in [1.29, 1.82) is 0 Å². The van der Waals surface area contributed by atoms with Crippen LogP contribution in [0.25, 0.3) is 11.1 Å². The third kappa shape index (κ3) is 5.61. The van der Waals surface area contributed by atoms with Gasteiger partial charge in [0.05, 0.1) is 0 Å². The molecule has 3 rings (SSSR count). The van der Waals surface area contributed by atoms with Crippen LogP contribution in [-0.2, 0) is 9.59 Å². The Kier molecular flexibility index (Phi) is 7.05. The normalized spacial score (nSPS) is 11.3. The van der Waals surface area contributed by atoms with Gasteiger partial charge in [-0.1, -0.05) is 66.7 Å². The van der Waals surface area contributed by atoms with Gasteiger partial charge in [-0.05, 0) is 37.1 Å². The molecular weight excluding hydrogens is 380 g/mol. The van der Waals surface area contributed by atoms with Gasteiger partial charge in [0, 0.05) is 5.56 Å². The SMILES string of the molecule is Cc1ccccc1OC(C)C(=O)NNC(=O)COc1ccccc1-c1ccccc1. The zero-order valence-electron chi connectivity index (χ0n) is 16.9. The Balaban J connectivity index is 1.50. The Morgan fingerprint density at radius 3 is 2.20 bits per heavy atom. The van der Waals surface area contributed by atoms with Gasteiger partial charge in [-0.2, -0.15) is 0 Å². The highest BCUT2D eigenvalue weighted by Gasteiger charge is 2.16. The van der Waals surface area contributed by atoms with Crippen molar-refractivity contribution in [2.75, 3.05) is 6.61 Å². The molecule has 6 nitrogen and oxygen atoms in total. The maximum absolute atomic E-state index is 12.2. The predicted molar refractivity (Wildman–Crippen MR) is 115 cm³/mol. The molecule has 1 unspecified atom stereocenters. The second-order valence-electron chi connectivity index (χ2n) is 6.71. The lowest BCUT2D eigenvalue weighted by molar-refractivity contribution is -0.133. The molecule has 154 valence electrons. The molecule has 2 N–H and O–H groups in total. The first kappa shape index (κ1) is 20.9. The van der Waals surface area contributed by atoms with E-state index in [1.54, 1.807) is 19.1 Å². The largest absolute Gasteiger partial charge is 0.483 e. The number of carbonyl (C=O) groups excluding carboxylic acids is 2. The van der Waals surface area contributed by atoms with Crippen molar-refractivity contribution in [3.05, 3.63) is 84.4 Å². The van der Waals surface area contributed by atoms with Crippen LogP contribution in [0, 0.1) is 6.92 Å². The summed E-state index contributed by atoms with van der Waals surface area (Å²) in [6.45, 7) is 3.27. The van der Waals surface area contributed by atoms with Crippen LogP contribution in [0.3, 0.4) is 0 Å². The molecule has 0 fully saturated rings. The molecule has 30 heavy (non-hydrogen) atoms. The highest BCUT2D eigenvalue weighted by Crippen LogP contribution is 2.29. The summed E-state index contributed by atoms with van der Waals surface area (Å²) >= 11 is 0. The van der Waals surface area contributed by atoms with Gasteiger partial charge in [0.25, 0.3) is 11.8 Å². The number of ether oxygens (including phenoxy) is 2. The van der Waals surface area contributed by atoms with E-state index in [4.69, 9.17) is 9.47 Å². The Bertz CT molecular complexity index is 1000. The minimum absolute atomic E-state index is 0.239. The Hall–Kier alpha value is -3.80. The zero-order valence-corrected chi connectivity index (χ0v) is 16.9. The summed E-state index contributed by atoms with van der Waals surface area (Å²) in [5.74, 6) is 0.263. The molecule has 6 heteroatoms. The van der Waals surface area contributed by atoms with Gasteiger partial charge >= 0.3 is 0 Å². The van der Waals surface area contributed by atoms with E-state index < -0.39 is 17.9 Å². The standard InChI is InChI=1S/C24H24N2O4/c1-17-10-6-8-14-21(17)30-18(2)24(28)26-25-23(27)16-29-22-15-9-7-13-20(22)19-11-4-3-5-12-19/h3-15,18H,16H2,1-2H3,(H,25,27)(H,26,28). The average molecular weight is 404 g/mol. The van der Waals surface area contributed by atoms with Crippen LogP contribution in [0.15, 0.2) is 78.9 Å². The van der Waals surface area contributed by atoms with Crippen LogP contribution < -0.4 is 20.3 Å². The average Bonchev–Trinajstić information content (AvgIpc) is 2.78. The summed E-state index contributed by atoms with van der Waals surface area (Å²) < 4.78 is 11.3. The molecule has 0 aliphatic rings. The van der Waals surface area contributed by atoms with E-state index in [0.29, 0.717) is 11.5 Å². The number of aryl methyl sites for hydroxylation is 1. The molecular formula is C24H24N2O4. The molecule has 0 saturated carbocycles. The third-order valence-electron chi connectivity index (χ3n) is 4.42. The summed E-state index contributed by atoms with van der Waals surface area (Å²) in [4.78, 5) is 24.3. The Morgan fingerprint density at radius 1 is 0.833 bits per heavy atom. The molecule has 0 aliphatic heterocycles. The number of nitrogens with one attached hydrogen (secondary N) is 2. The Morgan fingerprint density at radius 2 is 1.47 bits per heavy atom. The van der Waals surface area contributed by atoms with E-state index in [9.17, 15) is 9.59 Å². The first-order chi connectivity index (χ1) is 14.5. The smallest absolute Gasteiger partial charge is 0.279 e. The lowest BCUT2D eigenvalue weighted by Gasteiger charge is -2.16. The fraction of sp³-hybridized carbons (Fsp3) is 0.167. The fourth-order valence-corrected chi connectivity index (χ4v) is 2.79. The molecule has 0 saturated heterocycles. The van der Waals surface area contributed by atoms with Crippen molar-refractivity contribution in [1.82, 2.24) is 10.9 Å². The van der Waals surface area contributed by atoms with Crippen LogP contribution >= 0.6 is 0 Å². The van der Waals surface area contributed by atoms with Gasteiger partial charge in [-0.25, -0.2) is 0 Å². The van der Waals surface area contributed by atoms with E-state index in [1.165, 1.54) is 0 Å². The molecule has 0 aliphatic carbocycles. The summed E-state index contributed by atoms with van der Waals surface area (Å²) in [6.07, 6.45) is -0.772. The number of hydrazine groups is 1. The van der Waals surface area contributed by atoms with Crippen LogP contribution in [0.5, 0.6) is 11.5 Å². The molecule has 0 spiro atoms. The van der Waals surface area contributed by atoms with E-state index in [2.05, 4.69) is 10.9 Å². The van der Waals surface area contributed by atoms with Crippen LogP contribution in [0.1, 0.15) is 12.5 Å². The summed E-state index contributed by atoms with van der Waals surface area (Å²) in [5, 5.41) is 0. The van der Waals surface area contributed by atoms with Crippen LogP contribution in [-0.4, -0.2) is 24.5 Å². The van der Waals surface area contributed by atoms with E-state index in [0.717, 1.165) is 16.7 Å². The van der Waals surface area contributed by atoms with Crippen molar-refractivity contribution in [2.24, 2.45) is 0 Å². The number of amides is 2. The number of hydrogen-bond acceptors (Lipinski definition) is 4. The highest BCUT2D eigenvalue weighted by molar-refractivity contribution is 5.85. The number of rotatable bonds is 7. The molecule has 0 heterocycles. The molecule has 0 bridgehead atoms. The van der Waals surface area contributed by atoms with Gasteiger partial charge in [-0.3, -0.25) is 20.4 Å². The molecule has 2 amide bonds. The minimum Gasteiger partial charge on any atom is -0.483 e. The van der Waals surface area contributed by atoms with E-state index in [-0.39, 0.29) is 6.61 Å². The lowest BCUT2D eigenvalue weighted by atomic mass is 10.1. The zero-order chi connectivity index (χ0) is 21.3. The summed E-state index contributed by atoms with van der Waals surface area (Å²) in [5.41, 5.74) is 7.51. The lowest BCUT2D eigenvalue weighted by Crippen LogP contribution is -2.48. The topological polar surface area (TPSA) is 76.7 Å². The van der Waals surface area contributed by atoms with Gasteiger partial charge in [0.15, 0.2) is 12.7 Å². The van der Waals surface area contributed by atoms with Crippen molar-refractivity contribution >= 4 is 11.8 Å². The first-order valence-electron chi connectivity index (χ1n) is 9.63. The van der Waals surface area contributed by atoms with Gasteiger partial charge in [-0.15, -0.1) is 0 Å². The minimum atomic E-state index is -0.772. The van der Waals surface area contributed by atoms with Gasteiger partial charge in [0.1, 0.15) is 11.5 Å². The van der Waals surface area contributed by atoms with Crippen molar-refractivity contribution in [3.8, 4) is 22.6 Å². The number of benzene rings is 3. The predicted octanol–water partition coefficient (Wildman–Crippen LogP) is 3.66. The maximum atomic E-state index is 12.2. The molecule has 3 aromatic rings.